The minimum Gasteiger partial charge on any atom is -0.462 e. The second-order valence-electron chi connectivity index (χ2n) is 5.80. The molecule has 0 spiro atoms. The highest BCUT2D eigenvalue weighted by Crippen LogP contribution is 2.36. The zero-order valence-electron chi connectivity index (χ0n) is 14.1. The Morgan fingerprint density at radius 3 is 2.74 bits per heavy atom. The molecule has 138 valence electrons. The molecule has 27 heavy (non-hydrogen) atoms. The molecule has 0 unspecified atom stereocenters. The second kappa shape index (κ2) is 6.39. The van der Waals surface area contributed by atoms with Gasteiger partial charge in [-0.15, -0.1) is 0 Å². The van der Waals surface area contributed by atoms with Crippen molar-refractivity contribution in [3.05, 3.63) is 57.8 Å². The van der Waals surface area contributed by atoms with Crippen molar-refractivity contribution in [1.82, 2.24) is 4.98 Å². The normalized spacial score (nSPS) is 12.4. The van der Waals surface area contributed by atoms with E-state index in [4.69, 9.17) is 14.2 Å². The summed E-state index contributed by atoms with van der Waals surface area (Å²) in [5.41, 5.74) is -0.834. The molecule has 0 saturated carbocycles. The minimum atomic E-state index is -1.06. The Labute approximate surface area is 151 Å². The molecule has 1 aliphatic heterocycles. The summed E-state index contributed by atoms with van der Waals surface area (Å²) in [7, 11) is 0. The van der Waals surface area contributed by atoms with Crippen LogP contribution in [0.25, 0.3) is 22.2 Å². The van der Waals surface area contributed by atoms with E-state index < -0.39 is 28.4 Å². The first-order valence-corrected chi connectivity index (χ1v) is 8.11. The van der Waals surface area contributed by atoms with Crippen molar-refractivity contribution in [1.29, 1.82) is 0 Å². The molecule has 0 fully saturated rings. The van der Waals surface area contributed by atoms with Crippen molar-refractivity contribution in [3.8, 4) is 22.8 Å². The van der Waals surface area contributed by atoms with E-state index in [1.54, 1.807) is 25.1 Å². The number of esters is 1. The number of hydrogen-bond acceptors (Lipinski definition) is 5. The van der Waals surface area contributed by atoms with Crippen LogP contribution < -0.4 is 14.9 Å². The molecule has 0 bridgehead atoms. The number of nitrogens with one attached hydrogen (secondary N) is 1. The first-order chi connectivity index (χ1) is 13.0. The van der Waals surface area contributed by atoms with Crippen LogP contribution in [0.4, 0.5) is 8.78 Å². The zero-order chi connectivity index (χ0) is 19.1. The maximum atomic E-state index is 14.2. The second-order valence-corrected chi connectivity index (χ2v) is 5.80. The van der Waals surface area contributed by atoms with Gasteiger partial charge in [-0.3, -0.25) is 4.79 Å². The van der Waals surface area contributed by atoms with Crippen molar-refractivity contribution < 1.29 is 27.8 Å². The van der Waals surface area contributed by atoms with E-state index in [0.29, 0.717) is 23.1 Å². The van der Waals surface area contributed by atoms with Crippen LogP contribution in [0.2, 0.25) is 0 Å². The predicted octanol–water partition coefficient (Wildman–Crippen LogP) is 3.38. The monoisotopic (exact) mass is 373 g/mol. The number of H-pyrrole nitrogens is 1. The van der Waals surface area contributed by atoms with Gasteiger partial charge in [-0.25, -0.2) is 13.6 Å². The number of rotatable bonds is 3. The number of hydrogen-bond donors (Lipinski definition) is 1. The highest BCUT2D eigenvalue weighted by molar-refractivity contribution is 6.00. The summed E-state index contributed by atoms with van der Waals surface area (Å²) in [6.07, 6.45) is 0. The zero-order valence-corrected chi connectivity index (χ0v) is 14.1. The lowest BCUT2D eigenvalue weighted by atomic mass is 10.0. The van der Waals surface area contributed by atoms with Crippen LogP contribution in [0.3, 0.4) is 0 Å². The first kappa shape index (κ1) is 17.0. The smallest absolute Gasteiger partial charge is 0.344 e. The Kier molecular flexibility index (Phi) is 4.02. The third kappa shape index (κ3) is 2.79. The number of pyridine rings is 1. The number of ether oxygens (including phenoxy) is 3. The summed E-state index contributed by atoms with van der Waals surface area (Å²) in [5.74, 6) is -1.88. The Morgan fingerprint density at radius 1 is 1.19 bits per heavy atom. The summed E-state index contributed by atoms with van der Waals surface area (Å²) in [5, 5.41) is -0.413. The Hall–Kier alpha value is -3.42. The fourth-order valence-electron chi connectivity index (χ4n) is 3.01. The van der Waals surface area contributed by atoms with Crippen LogP contribution in [0.15, 0.2) is 35.1 Å². The molecule has 8 heteroatoms. The Balaban J connectivity index is 2.04. The van der Waals surface area contributed by atoms with Crippen LogP contribution in [-0.2, 0) is 4.74 Å². The topological polar surface area (TPSA) is 77.6 Å². The van der Waals surface area contributed by atoms with Gasteiger partial charge in [0, 0.05) is 11.6 Å². The van der Waals surface area contributed by atoms with Crippen LogP contribution in [0.1, 0.15) is 17.3 Å². The van der Waals surface area contributed by atoms with E-state index in [-0.39, 0.29) is 30.2 Å². The van der Waals surface area contributed by atoms with Crippen LogP contribution in [0.5, 0.6) is 11.5 Å². The summed E-state index contributed by atoms with van der Waals surface area (Å²) in [4.78, 5) is 28.1. The lowest BCUT2D eigenvalue weighted by Crippen LogP contribution is -2.21. The fourth-order valence-corrected chi connectivity index (χ4v) is 3.01. The molecule has 1 N–H and O–H groups in total. The number of aromatic nitrogens is 1. The van der Waals surface area contributed by atoms with Gasteiger partial charge in [0.1, 0.15) is 17.2 Å². The molecule has 0 radical (unpaired) electrons. The summed E-state index contributed by atoms with van der Waals surface area (Å²) in [6.45, 7) is 1.67. The van der Waals surface area contributed by atoms with Crippen molar-refractivity contribution in [2.45, 2.75) is 6.92 Å². The van der Waals surface area contributed by atoms with Gasteiger partial charge in [0.25, 0.3) is 0 Å². The predicted molar refractivity (Wildman–Crippen MR) is 92.0 cm³/mol. The molecular weight excluding hydrogens is 360 g/mol. The van der Waals surface area contributed by atoms with Gasteiger partial charge < -0.3 is 19.2 Å². The third-order valence-electron chi connectivity index (χ3n) is 4.16. The molecule has 3 aromatic rings. The fraction of sp³-hybridized carbons (Fsp3) is 0.158. The SMILES string of the molecule is CCOC(=O)c1c(-c2ccc3c(c2)OCO3)[nH]c2cc(F)cc(F)c2c1=O. The minimum absolute atomic E-state index is 0.0305. The molecule has 0 aliphatic carbocycles. The molecule has 6 nitrogen and oxygen atoms in total. The van der Waals surface area contributed by atoms with Crippen LogP contribution in [-0.4, -0.2) is 24.4 Å². The van der Waals surface area contributed by atoms with Crippen molar-refractivity contribution in [2.75, 3.05) is 13.4 Å². The molecule has 2 aromatic carbocycles. The lowest BCUT2D eigenvalue weighted by molar-refractivity contribution is 0.0525. The van der Waals surface area contributed by atoms with E-state index in [9.17, 15) is 18.4 Å². The van der Waals surface area contributed by atoms with Gasteiger partial charge in [-0.05, 0) is 31.2 Å². The third-order valence-corrected chi connectivity index (χ3v) is 4.16. The number of carbonyl (C=O) groups is 1. The number of aromatic amines is 1. The molecule has 0 saturated heterocycles. The summed E-state index contributed by atoms with van der Waals surface area (Å²) in [6, 6.07) is 6.36. The number of benzene rings is 2. The average molecular weight is 373 g/mol. The lowest BCUT2D eigenvalue weighted by Gasteiger charge is -2.12. The molecule has 1 aliphatic rings. The van der Waals surface area contributed by atoms with Crippen molar-refractivity contribution in [3.63, 3.8) is 0 Å². The van der Waals surface area contributed by atoms with Gasteiger partial charge in [-0.2, -0.15) is 0 Å². The Bertz CT molecular complexity index is 1140. The van der Waals surface area contributed by atoms with E-state index in [1.165, 1.54) is 0 Å². The van der Waals surface area contributed by atoms with Gasteiger partial charge in [0.15, 0.2) is 11.5 Å². The number of carbonyl (C=O) groups excluding carboxylic acids is 1. The molecule has 0 amide bonds. The Morgan fingerprint density at radius 2 is 1.96 bits per heavy atom. The largest absolute Gasteiger partial charge is 0.462 e. The molecule has 1 aromatic heterocycles. The number of halogens is 2. The van der Waals surface area contributed by atoms with Gasteiger partial charge in [-0.1, -0.05) is 0 Å². The highest BCUT2D eigenvalue weighted by Gasteiger charge is 2.25. The quantitative estimate of drug-likeness (QED) is 0.712. The standard InChI is InChI=1S/C19H13F2NO5/c1-2-25-19(24)16-17(9-3-4-13-14(5-9)27-8-26-13)22-12-7-10(20)6-11(21)15(12)18(16)23/h3-7H,2,8H2,1H3,(H,22,23). The molecule has 0 atom stereocenters. The summed E-state index contributed by atoms with van der Waals surface area (Å²) < 4.78 is 43.4. The van der Waals surface area contributed by atoms with E-state index >= 15 is 0 Å². The van der Waals surface area contributed by atoms with Crippen LogP contribution in [0, 0.1) is 11.6 Å². The van der Waals surface area contributed by atoms with Crippen molar-refractivity contribution >= 4 is 16.9 Å². The van der Waals surface area contributed by atoms with Crippen LogP contribution >= 0.6 is 0 Å². The molecular formula is C19H13F2NO5. The first-order valence-electron chi connectivity index (χ1n) is 8.11. The van der Waals surface area contributed by atoms with E-state index in [1.807, 2.05) is 0 Å². The van der Waals surface area contributed by atoms with Gasteiger partial charge in [0.2, 0.25) is 12.2 Å². The van der Waals surface area contributed by atoms with E-state index in [0.717, 1.165) is 6.07 Å². The van der Waals surface area contributed by atoms with Gasteiger partial charge in [0.05, 0.1) is 23.2 Å². The highest BCUT2D eigenvalue weighted by atomic mass is 19.1. The number of fused-ring (bicyclic) bond motifs is 2. The maximum absolute atomic E-state index is 14.2. The van der Waals surface area contributed by atoms with E-state index in [2.05, 4.69) is 4.98 Å². The average Bonchev–Trinajstić information content (AvgIpc) is 3.08. The molecule has 2 heterocycles. The van der Waals surface area contributed by atoms with Gasteiger partial charge >= 0.3 is 5.97 Å². The van der Waals surface area contributed by atoms with Crippen molar-refractivity contribution in [2.24, 2.45) is 0 Å². The molecule has 4 rings (SSSR count). The summed E-state index contributed by atoms with van der Waals surface area (Å²) >= 11 is 0. The maximum Gasteiger partial charge on any atom is 0.344 e.